The summed E-state index contributed by atoms with van der Waals surface area (Å²) in [5.74, 6) is 0.935. The number of benzene rings is 3. The minimum atomic E-state index is -3.87. The molecule has 1 amide bonds. The first-order valence-electron chi connectivity index (χ1n) is 11.2. The Morgan fingerprint density at radius 1 is 1.11 bits per heavy atom. The molecule has 38 heavy (non-hydrogen) atoms. The summed E-state index contributed by atoms with van der Waals surface area (Å²) < 4.78 is 41.5. The third-order valence-corrected chi connectivity index (χ3v) is 8.83. The molecule has 0 aliphatic rings. The van der Waals surface area contributed by atoms with E-state index in [1.807, 2.05) is 0 Å². The highest BCUT2D eigenvalue weighted by atomic mass is 35.5. The standard InChI is InChI=1S/C26H26Cl2NO7PS/c1-36-20-6-4-7-21(15-20)37(32,33)10-9-18-13-23(27)25(24(28)14-18)26(31)29-19(16-30)11-17-5-3-8-22(12-17)38(2,34)35/h3-10,12-15,19,30H,11,16H2,1-2H3,(H,29,31)(H,32,33)/b10-9+/t19-/m0/s1. The van der Waals surface area contributed by atoms with Crippen LogP contribution in [-0.2, 0) is 20.8 Å². The van der Waals surface area contributed by atoms with Crippen LogP contribution in [0.2, 0.25) is 10.0 Å². The Labute approximate surface area is 231 Å². The Bertz CT molecular complexity index is 1500. The molecule has 3 aromatic rings. The molecule has 2 atom stereocenters. The van der Waals surface area contributed by atoms with Crippen LogP contribution in [0.25, 0.3) is 6.08 Å². The number of rotatable bonds is 10. The maximum Gasteiger partial charge on any atom is 0.254 e. The number of halogens is 2. The van der Waals surface area contributed by atoms with Crippen molar-refractivity contribution in [3.63, 3.8) is 0 Å². The number of ether oxygens (including phenoxy) is 1. The van der Waals surface area contributed by atoms with Crippen LogP contribution in [0.15, 0.2) is 71.4 Å². The molecule has 3 aromatic carbocycles. The van der Waals surface area contributed by atoms with Crippen LogP contribution < -0.4 is 15.4 Å². The van der Waals surface area contributed by atoms with Crippen LogP contribution in [0.1, 0.15) is 21.5 Å². The van der Waals surface area contributed by atoms with Crippen molar-refractivity contribution < 1.29 is 32.5 Å². The van der Waals surface area contributed by atoms with E-state index in [2.05, 4.69) is 5.32 Å². The van der Waals surface area contributed by atoms with Crippen LogP contribution in [-0.4, -0.2) is 50.3 Å². The van der Waals surface area contributed by atoms with Crippen molar-refractivity contribution in [2.75, 3.05) is 20.0 Å². The van der Waals surface area contributed by atoms with Crippen molar-refractivity contribution in [3.05, 3.63) is 93.2 Å². The fourth-order valence-electron chi connectivity index (χ4n) is 3.60. The smallest absolute Gasteiger partial charge is 0.254 e. The molecular formula is C26H26Cl2NO7PS. The molecule has 0 saturated heterocycles. The summed E-state index contributed by atoms with van der Waals surface area (Å²) in [6.07, 6.45) is 2.64. The predicted octanol–water partition coefficient (Wildman–Crippen LogP) is 4.31. The van der Waals surface area contributed by atoms with E-state index in [-0.39, 0.29) is 32.2 Å². The number of sulfone groups is 1. The predicted molar refractivity (Wildman–Crippen MR) is 150 cm³/mol. The van der Waals surface area contributed by atoms with E-state index in [1.54, 1.807) is 24.3 Å². The number of carbonyl (C=O) groups excluding carboxylic acids is 1. The van der Waals surface area contributed by atoms with E-state index >= 15 is 0 Å². The summed E-state index contributed by atoms with van der Waals surface area (Å²) in [6, 6.07) is 14.6. The van der Waals surface area contributed by atoms with Gasteiger partial charge >= 0.3 is 0 Å². The molecule has 1 unspecified atom stereocenters. The third-order valence-electron chi connectivity index (χ3n) is 5.55. The van der Waals surface area contributed by atoms with Crippen LogP contribution >= 0.6 is 30.6 Å². The first kappa shape index (κ1) is 29.9. The molecule has 0 spiro atoms. The highest BCUT2D eigenvalue weighted by Crippen LogP contribution is 2.42. The lowest BCUT2D eigenvalue weighted by atomic mass is 10.1. The fourth-order valence-corrected chi connectivity index (χ4v) is 6.12. The van der Waals surface area contributed by atoms with E-state index in [4.69, 9.17) is 27.9 Å². The largest absolute Gasteiger partial charge is 0.497 e. The maximum absolute atomic E-state index is 12.9. The van der Waals surface area contributed by atoms with E-state index in [9.17, 15) is 27.8 Å². The number of hydrogen-bond donors (Lipinski definition) is 3. The average Bonchev–Trinajstić information content (AvgIpc) is 2.86. The lowest BCUT2D eigenvalue weighted by Gasteiger charge is -2.18. The zero-order valence-corrected chi connectivity index (χ0v) is 23.7. The molecule has 8 nitrogen and oxygen atoms in total. The Hall–Kier alpha value is -2.65. The highest BCUT2D eigenvalue weighted by molar-refractivity contribution is 7.90. The van der Waals surface area contributed by atoms with E-state index in [1.165, 1.54) is 49.6 Å². The fraction of sp³-hybridized carbons (Fsp3) is 0.192. The van der Waals surface area contributed by atoms with E-state index in [0.29, 0.717) is 16.9 Å². The van der Waals surface area contributed by atoms with Gasteiger partial charge in [0, 0.05) is 17.4 Å². The third kappa shape index (κ3) is 7.69. The first-order chi connectivity index (χ1) is 17.8. The summed E-state index contributed by atoms with van der Waals surface area (Å²) in [7, 11) is -5.83. The number of aliphatic hydroxyl groups is 1. The molecule has 3 N–H and O–H groups in total. The van der Waals surface area contributed by atoms with Gasteiger partial charge in [-0.2, -0.15) is 0 Å². The summed E-state index contributed by atoms with van der Waals surface area (Å²) >= 11 is 12.7. The molecule has 12 heteroatoms. The monoisotopic (exact) mass is 597 g/mol. The highest BCUT2D eigenvalue weighted by Gasteiger charge is 2.21. The summed E-state index contributed by atoms with van der Waals surface area (Å²) in [4.78, 5) is 23.6. The van der Waals surface area contributed by atoms with Gasteiger partial charge in [-0.25, -0.2) is 8.42 Å². The van der Waals surface area contributed by atoms with Crippen LogP contribution in [0.3, 0.4) is 0 Å². The van der Waals surface area contributed by atoms with Gasteiger partial charge in [-0.15, -0.1) is 0 Å². The molecule has 0 aromatic heterocycles. The topological polar surface area (TPSA) is 130 Å². The molecule has 0 aliphatic heterocycles. The molecule has 0 heterocycles. The molecule has 0 saturated carbocycles. The Kier molecular flexibility index (Phi) is 9.81. The molecule has 0 bridgehead atoms. The van der Waals surface area contributed by atoms with Gasteiger partial charge in [0.15, 0.2) is 9.84 Å². The van der Waals surface area contributed by atoms with Gasteiger partial charge in [0.1, 0.15) is 5.75 Å². The zero-order chi connectivity index (χ0) is 28.1. The van der Waals surface area contributed by atoms with Crippen molar-refractivity contribution >= 4 is 57.7 Å². The van der Waals surface area contributed by atoms with Gasteiger partial charge in [-0.05, 0) is 66.1 Å². The summed E-state index contributed by atoms with van der Waals surface area (Å²) in [5.41, 5.74) is 0.966. The van der Waals surface area contributed by atoms with Gasteiger partial charge < -0.3 is 20.1 Å². The van der Waals surface area contributed by atoms with Crippen molar-refractivity contribution in [2.45, 2.75) is 17.4 Å². The number of methoxy groups -OCH3 is 1. The molecule has 202 valence electrons. The molecule has 3 rings (SSSR count). The number of carbonyl (C=O) groups is 1. The lowest BCUT2D eigenvalue weighted by molar-refractivity contribution is 0.0916. The Morgan fingerprint density at radius 2 is 1.76 bits per heavy atom. The Morgan fingerprint density at radius 3 is 2.37 bits per heavy atom. The van der Waals surface area contributed by atoms with Gasteiger partial charge in [-0.1, -0.05) is 41.4 Å². The number of hydrogen-bond acceptors (Lipinski definition) is 6. The van der Waals surface area contributed by atoms with Crippen LogP contribution in [0.5, 0.6) is 5.75 Å². The number of amides is 1. The molecular weight excluding hydrogens is 572 g/mol. The van der Waals surface area contributed by atoms with E-state index < -0.39 is 35.8 Å². The van der Waals surface area contributed by atoms with Crippen molar-refractivity contribution in [1.29, 1.82) is 0 Å². The number of aliphatic hydroxyl groups excluding tert-OH is 1. The lowest BCUT2D eigenvalue weighted by Crippen LogP contribution is -2.39. The van der Waals surface area contributed by atoms with Crippen molar-refractivity contribution in [3.8, 4) is 5.75 Å². The summed E-state index contributed by atoms with van der Waals surface area (Å²) in [6.45, 7) is -0.416. The van der Waals surface area contributed by atoms with Crippen molar-refractivity contribution in [2.24, 2.45) is 0 Å². The second-order valence-corrected chi connectivity index (χ2v) is 13.4. The van der Waals surface area contributed by atoms with Gasteiger partial charge in [0.25, 0.3) is 13.3 Å². The molecule has 0 fully saturated rings. The van der Waals surface area contributed by atoms with E-state index in [0.717, 1.165) is 12.1 Å². The normalized spacial score (nSPS) is 14.2. The second kappa shape index (κ2) is 12.5. The minimum absolute atomic E-state index is 0.000402. The first-order valence-corrected chi connectivity index (χ1v) is 15.6. The van der Waals surface area contributed by atoms with Crippen LogP contribution in [0.4, 0.5) is 0 Å². The number of nitrogens with one attached hydrogen (secondary N) is 1. The molecule has 0 radical (unpaired) electrons. The SMILES string of the molecule is COc1cccc(P(=O)(O)/C=C/c2cc(Cl)c(C(=O)N[C@H](CO)Cc3cccc(S(C)(=O)=O)c3)c(Cl)c2)c1. The molecule has 0 aliphatic carbocycles. The maximum atomic E-state index is 12.9. The van der Waals surface area contributed by atoms with Crippen molar-refractivity contribution in [1.82, 2.24) is 5.32 Å². The van der Waals surface area contributed by atoms with Gasteiger partial charge in [-0.3, -0.25) is 9.36 Å². The van der Waals surface area contributed by atoms with Crippen LogP contribution in [0, 0.1) is 0 Å². The second-order valence-electron chi connectivity index (χ2n) is 8.48. The average molecular weight is 598 g/mol. The van der Waals surface area contributed by atoms with Gasteiger partial charge in [0.2, 0.25) is 0 Å². The van der Waals surface area contributed by atoms with Gasteiger partial charge in [0.05, 0.1) is 40.3 Å². The quantitative estimate of drug-likeness (QED) is 0.297. The minimum Gasteiger partial charge on any atom is -0.497 e. The summed E-state index contributed by atoms with van der Waals surface area (Å²) in [5, 5.41) is 12.6. The zero-order valence-electron chi connectivity index (χ0n) is 20.5. The Balaban J connectivity index is 1.77.